The molecule has 0 aliphatic rings. The van der Waals surface area contributed by atoms with Gasteiger partial charge in [-0.2, -0.15) is 14.9 Å². The van der Waals surface area contributed by atoms with E-state index in [0.717, 1.165) is 16.9 Å². The molecule has 3 aromatic carbocycles. The Morgan fingerprint density at radius 2 is 1.94 bits per heavy atom. The summed E-state index contributed by atoms with van der Waals surface area (Å²) in [6, 6.07) is 21.6. The minimum atomic E-state index is -0.288. The average Bonchev–Trinajstić information content (AvgIpc) is 3.18. The van der Waals surface area contributed by atoms with Gasteiger partial charge in [0.15, 0.2) is 5.82 Å². The minimum absolute atomic E-state index is 0.288. The van der Waals surface area contributed by atoms with Crippen LogP contribution in [0.1, 0.15) is 15.9 Å². The molecule has 0 radical (unpaired) electrons. The highest BCUT2D eigenvalue weighted by atomic mass is 35.5. The molecule has 0 saturated heterocycles. The number of carbonyl (C=O) groups is 1. The minimum Gasteiger partial charge on any atom is -0.497 e. The summed E-state index contributed by atoms with van der Waals surface area (Å²) in [5.41, 5.74) is 2.62. The van der Waals surface area contributed by atoms with Gasteiger partial charge in [-0.25, -0.2) is 5.10 Å². The molecule has 4 aromatic rings. The summed E-state index contributed by atoms with van der Waals surface area (Å²) < 4.78 is 7.09. The monoisotopic (exact) mass is 463 g/mol. The Balaban J connectivity index is 1.56. The van der Waals surface area contributed by atoms with E-state index in [0.29, 0.717) is 26.9 Å². The predicted molar refractivity (Wildman–Crippen MR) is 128 cm³/mol. The summed E-state index contributed by atoms with van der Waals surface area (Å²) in [4.78, 5) is 12.5. The normalized spacial score (nSPS) is 10.9. The van der Waals surface area contributed by atoms with Crippen LogP contribution < -0.4 is 10.1 Å². The highest BCUT2D eigenvalue weighted by molar-refractivity contribution is 7.71. The molecule has 0 spiro atoms. The Morgan fingerprint density at radius 3 is 2.69 bits per heavy atom. The average molecular weight is 464 g/mol. The van der Waals surface area contributed by atoms with E-state index in [4.69, 9.17) is 28.6 Å². The van der Waals surface area contributed by atoms with Gasteiger partial charge in [-0.1, -0.05) is 35.9 Å². The molecule has 0 atom stereocenters. The second kappa shape index (κ2) is 9.59. The number of aromatic nitrogens is 3. The van der Waals surface area contributed by atoms with Crippen LogP contribution >= 0.6 is 23.8 Å². The lowest BCUT2D eigenvalue weighted by molar-refractivity contribution is 0.102. The lowest BCUT2D eigenvalue weighted by Crippen LogP contribution is -2.12. The first-order valence-electron chi connectivity index (χ1n) is 9.57. The second-order valence-electron chi connectivity index (χ2n) is 6.70. The van der Waals surface area contributed by atoms with E-state index in [1.54, 1.807) is 49.7 Å². The van der Waals surface area contributed by atoms with E-state index in [1.165, 1.54) is 4.68 Å². The molecule has 4 rings (SSSR count). The molecule has 160 valence electrons. The number of methoxy groups -OCH3 is 1. The fourth-order valence-corrected chi connectivity index (χ4v) is 3.39. The van der Waals surface area contributed by atoms with Gasteiger partial charge in [0.1, 0.15) is 5.75 Å². The van der Waals surface area contributed by atoms with Crippen molar-refractivity contribution in [1.82, 2.24) is 14.9 Å². The maximum absolute atomic E-state index is 12.5. The number of nitrogens with zero attached hydrogens (tertiary/aromatic N) is 3. The van der Waals surface area contributed by atoms with Crippen molar-refractivity contribution in [2.24, 2.45) is 5.10 Å². The first kappa shape index (κ1) is 21.5. The number of anilines is 1. The van der Waals surface area contributed by atoms with Gasteiger partial charge in [0, 0.05) is 11.3 Å². The van der Waals surface area contributed by atoms with Crippen LogP contribution in [-0.4, -0.2) is 34.1 Å². The van der Waals surface area contributed by atoms with Gasteiger partial charge in [0.2, 0.25) is 4.77 Å². The zero-order valence-electron chi connectivity index (χ0n) is 16.9. The molecule has 1 heterocycles. The number of rotatable bonds is 6. The van der Waals surface area contributed by atoms with E-state index in [-0.39, 0.29) is 5.91 Å². The highest BCUT2D eigenvalue weighted by Gasteiger charge is 2.10. The quantitative estimate of drug-likeness (QED) is 0.296. The first-order chi connectivity index (χ1) is 15.5. The number of amides is 1. The lowest BCUT2D eigenvalue weighted by Gasteiger charge is -2.07. The number of halogens is 1. The van der Waals surface area contributed by atoms with Crippen molar-refractivity contribution in [3.63, 3.8) is 0 Å². The van der Waals surface area contributed by atoms with Gasteiger partial charge < -0.3 is 10.1 Å². The molecule has 2 N–H and O–H groups in total. The predicted octanol–water partition coefficient (Wildman–Crippen LogP) is 5.40. The van der Waals surface area contributed by atoms with Gasteiger partial charge in [-0.3, -0.25) is 4.79 Å². The smallest absolute Gasteiger partial charge is 0.257 e. The van der Waals surface area contributed by atoms with Crippen LogP contribution in [0.15, 0.2) is 77.9 Å². The van der Waals surface area contributed by atoms with Crippen LogP contribution in [-0.2, 0) is 0 Å². The number of benzene rings is 3. The molecule has 7 nitrogen and oxygen atoms in total. The first-order valence-corrected chi connectivity index (χ1v) is 10.4. The molecule has 0 saturated carbocycles. The van der Waals surface area contributed by atoms with Crippen LogP contribution in [0.2, 0.25) is 5.02 Å². The third kappa shape index (κ3) is 4.77. The van der Waals surface area contributed by atoms with E-state index < -0.39 is 0 Å². The molecule has 1 amide bonds. The van der Waals surface area contributed by atoms with Crippen LogP contribution in [0.25, 0.3) is 11.4 Å². The highest BCUT2D eigenvalue weighted by Crippen LogP contribution is 2.21. The Morgan fingerprint density at radius 1 is 1.16 bits per heavy atom. The summed E-state index contributed by atoms with van der Waals surface area (Å²) in [5.74, 6) is 1.02. The molecule has 0 aliphatic heterocycles. The maximum Gasteiger partial charge on any atom is 0.257 e. The van der Waals surface area contributed by atoms with Gasteiger partial charge in [0.25, 0.3) is 5.91 Å². The summed E-state index contributed by atoms with van der Waals surface area (Å²) in [6.45, 7) is 0. The van der Waals surface area contributed by atoms with Crippen molar-refractivity contribution in [3.8, 4) is 17.1 Å². The Hall–Kier alpha value is -3.75. The Kier molecular flexibility index (Phi) is 6.44. The van der Waals surface area contributed by atoms with E-state index >= 15 is 0 Å². The number of aromatic amines is 1. The molecule has 1 aromatic heterocycles. The van der Waals surface area contributed by atoms with Gasteiger partial charge in [-0.05, 0) is 66.3 Å². The molecular formula is C23H18ClN5O2S. The van der Waals surface area contributed by atoms with E-state index in [9.17, 15) is 4.79 Å². The standard InChI is InChI=1S/C23H18ClN5O2S/c1-31-18-11-9-16(10-12-18)21-27-28-23(32)29(21)25-14-15-5-4-6-17(13-15)26-22(30)19-7-2-3-8-20(19)24/h2-14H,1H3,(H,26,30)(H,28,32)/b25-14-. The number of carbonyl (C=O) groups excluding carboxylic acids is 1. The van der Waals surface area contributed by atoms with Crippen LogP contribution in [0.3, 0.4) is 0 Å². The molecule has 9 heteroatoms. The number of hydrogen-bond acceptors (Lipinski definition) is 5. The number of ether oxygens (including phenoxy) is 1. The number of nitrogens with one attached hydrogen (secondary N) is 2. The Labute approximate surface area is 194 Å². The van der Waals surface area contributed by atoms with E-state index in [2.05, 4.69) is 20.6 Å². The third-order valence-electron chi connectivity index (χ3n) is 4.58. The SMILES string of the molecule is COc1ccc(-c2n[nH]c(=S)n2/N=C\c2cccc(NC(=O)c3ccccc3Cl)c2)cc1. The summed E-state index contributed by atoms with van der Waals surface area (Å²) in [7, 11) is 1.61. The zero-order chi connectivity index (χ0) is 22.5. The molecule has 32 heavy (non-hydrogen) atoms. The summed E-state index contributed by atoms with van der Waals surface area (Å²) in [5, 5.41) is 14.8. The summed E-state index contributed by atoms with van der Waals surface area (Å²) >= 11 is 11.4. The lowest BCUT2D eigenvalue weighted by atomic mass is 10.2. The molecular weight excluding hydrogens is 446 g/mol. The van der Waals surface area contributed by atoms with Crippen LogP contribution in [0.4, 0.5) is 5.69 Å². The molecule has 0 fully saturated rings. The van der Waals surface area contributed by atoms with Crippen LogP contribution in [0, 0.1) is 4.77 Å². The molecule has 0 unspecified atom stereocenters. The molecule has 0 bridgehead atoms. The van der Waals surface area contributed by atoms with Crippen molar-refractivity contribution in [2.45, 2.75) is 0 Å². The van der Waals surface area contributed by atoms with Crippen molar-refractivity contribution >= 4 is 41.6 Å². The summed E-state index contributed by atoms with van der Waals surface area (Å²) in [6.07, 6.45) is 1.64. The van der Waals surface area contributed by atoms with Gasteiger partial charge in [0.05, 0.1) is 23.9 Å². The van der Waals surface area contributed by atoms with E-state index in [1.807, 2.05) is 36.4 Å². The number of H-pyrrole nitrogens is 1. The fraction of sp³-hybridized carbons (Fsp3) is 0.0435. The maximum atomic E-state index is 12.5. The second-order valence-corrected chi connectivity index (χ2v) is 7.49. The van der Waals surface area contributed by atoms with Crippen molar-refractivity contribution in [3.05, 3.63) is 93.7 Å². The molecule has 0 aliphatic carbocycles. The van der Waals surface area contributed by atoms with Gasteiger partial charge >= 0.3 is 0 Å². The zero-order valence-corrected chi connectivity index (χ0v) is 18.5. The Bertz CT molecular complexity index is 1350. The van der Waals surface area contributed by atoms with Crippen molar-refractivity contribution in [2.75, 3.05) is 12.4 Å². The number of hydrogen-bond donors (Lipinski definition) is 2. The fourth-order valence-electron chi connectivity index (χ4n) is 2.99. The van der Waals surface area contributed by atoms with Crippen molar-refractivity contribution < 1.29 is 9.53 Å². The van der Waals surface area contributed by atoms with Gasteiger partial charge in [-0.15, -0.1) is 0 Å². The largest absolute Gasteiger partial charge is 0.497 e. The topological polar surface area (TPSA) is 84.3 Å². The third-order valence-corrected chi connectivity index (χ3v) is 5.18. The van der Waals surface area contributed by atoms with Crippen LogP contribution in [0.5, 0.6) is 5.75 Å². The van der Waals surface area contributed by atoms with Crippen molar-refractivity contribution in [1.29, 1.82) is 0 Å².